The number of nitrogens with one attached hydrogen (secondary N) is 1. The number of nitriles is 1. The van der Waals surface area contributed by atoms with E-state index in [0.717, 1.165) is 32.9 Å². The number of fused-ring (bicyclic) bond motifs is 1. The van der Waals surface area contributed by atoms with Gasteiger partial charge in [0, 0.05) is 30.2 Å². The van der Waals surface area contributed by atoms with Gasteiger partial charge in [-0.3, -0.25) is 9.78 Å². The molecule has 0 fully saturated rings. The lowest BCUT2D eigenvalue weighted by molar-refractivity contribution is -0.116. The van der Waals surface area contributed by atoms with Gasteiger partial charge in [-0.25, -0.2) is 4.79 Å². The highest BCUT2D eigenvalue weighted by Gasteiger charge is 2.28. The molecule has 8 nitrogen and oxygen atoms in total. The molecule has 1 aliphatic rings. The number of anilines is 1. The van der Waals surface area contributed by atoms with Gasteiger partial charge < -0.3 is 19.7 Å². The van der Waals surface area contributed by atoms with Gasteiger partial charge in [-0.1, -0.05) is 24.6 Å². The van der Waals surface area contributed by atoms with E-state index in [9.17, 15) is 14.9 Å². The summed E-state index contributed by atoms with van der Waals surface area (Å²) in [4.78, 5) is 32.0. The molecule has 1 aromatic carbocycles. The molecular weight excluding hydrogens is 476 g/mol. The standard InChI is InChI=1S/C27H28N4O4S/c1-17-4-5-23(34-3)21(12-17)18(2)13-25(32)30-26-22(14-28)20-8-11-31(15-24(20)36-26)27(33)35-16-19-6-9-29-10-7-19/h4-7,9-10,12,18H,8,11,13,15-16H2,1-3H3,(H,30,32). The number of aryl methyl sites for hydroxylation is 1. The Labute approximate surface area is 214 Å². The highest BCUT2D eigenvalue weighted by Crippen LogP contribution is 2.37. The summed E-state index contributed by atoms with van der Waals surface area (Å²) in [5.41, 5.74) is 4.30. The molecule has 0 saturated heterocycles. The van der Waals surface area contributed by atoms with Gasteiger partial charge in [-0.2, -0.15) is 5.26 Å². The minimum atomic E-state index is -0.407. The molecule has 186 valence electrons. The summed E-state index contributed by atoms with van der Waals surface area (Å²) in [6.07, 6.45) is 3.68. The number of methoxy groups -OCH3 is 1. The molecule has 36 heavy (non-hydrogen) atoms. The van der Waals surface area contributed by atoms with Crippen molar-refractivity contribution in [1.29, 1.82) is 5.26 Å². The lowest BCUT2D eigenvalue weighted by Crippen LogP contribution is -2.35. The van der Waals surface area contributed by atoms with Gasteiger partial charge in [-0.15, -0.1) is 11.3 Å². The van der Waals surface area contributed by atoms with Gasteiger partial charge in [-0.05, 0) is 54.2 Å². The van der Waals surface area contributed by atoms with Crippen LogP contribution in [0.5, 0.6) is 5.75 Å². The molecule has 1 unspecified atom stereocenters. The molecule has 1 aliphatic heterocycles. The molecule has 3 heterocycles. The lowest BCUT2D eigenvalue weighted by atomic mass is 9.95. The van der Waals surface area contributed by atoms with Crippen LogP contribution in [0.2, 0.25) is 0 Å². The minimum absolute atomic E-state index is 0.0642. The molecule has 0 aliphatic carbocycles. The summed E-state index contributed by atoms with van der Waals surface area (Å²) in [5, 5.41) is 13.3. The Bertz CT molecular complexity index is 1300. The van der Waals surface area contributed by atoms with Crippen molar-refractivity contribution in [2.75, 3.05) is 19.0 Å². The predicted octanol–water partition coefficient (Wildman–Crippen LogP) is 5.16. The van der Waals surface area contributed by atoms with Crippen molar-refractivity contribution in [3.05, 3.63) is 75.4 Å². The normalized spacial score (nSPS) is 13.3. The summed E-state index contributed by atoms with van der Waals surface area (Å²) in [7, 11) is 1.62. The average Bonchev–Trinajstić information content (AvgIpc) is 3.23. The number of rotatable bonds is 7. The summed E-state index contributed by atoms with van der Waals surface area (Å²) in [6.45, 7) is 4.95. The first-order chi connectivity index (χ1) is 17.4. The summed E-state index contributed by atoms with van der Waals surface area (Å²) in [5.74, 6) is 0.515. The third-order valence-corrected chi connectivity index (χ3v) is 7.33. The van der Waals surface area contributed by atoms with E-state index in [2.05, 4.69) is 16.4 Å². The molecule has 2 aromatic heterocycles. The number of benzene rings is 1. The molecule has 9 heteroatoms. The van der Waals surface area contributed by atoms with E-state index < -0.39 is 6.09 Å². The fourth-order valence-electron chi connectivity index (χ4n) is 4.29. The van der Waals surface area contributed by atoms with Crippen molar-refractivity contribution in [3.63, 3.8) is 0 Å². The lowest BCUT2D eigenvalue weighted by Gasteiger charge is -2.26. The van der Waals surface area contributed by atoms with E-state index in [1.54, 1.807) is 36.5 Å². The number of ether oxygens (including phenoxy) is 2. The maximum absolute atomic E-state index is 12.9. The topological polar surface area (TPSA) is 105 Å². The first-order valence-electron chi connectivity index (χ1n) is 11.7. The van der Waals surface area contributed by atoms with Crippen LogP contribution in [0.1, 0.15) is 52.0 Å². The van der Waals surface area contributed by atoms with Crippen LogP contribution in [0.25, 0.3) is 0 Å². The number of carbonyl (C=O) groups excluding carboxylic acids is 2. The Hall–Kier alpha value is -3.90. The zero-order valence-electron chi connectivity index (χ0n) is 20.5. The van der Waals surface area contributed by atoms with E-state index in [-0.39, 0.29) is 24.9 Å². The second-order valence-corrected chi connectivity index (χ2v) is 9.91. The van der Waals surface area contributed by atoms with Crippen molar-refractivity contribution < 1.29 is 19.1 Å². The smallest absolute Gasteiger partial charge is 0.410 e. The van der Waals surface area contributed by atoms with Crippen LogP contribution in [-0.4, -0.2) is 35.5 Å². The summed E-state index contributed by atoms with van der Waals surface area (Å²) < 4.78 is 10.9. The monoisotopic (exact) mass is 504 g/mol. The van der Waals surface area contributed by atoms with Gasteiger partial charge in [0.2, 0.25) is 5.91 Å². The van der Waals surface area contributed by atoms with Crippen LogP contribution < -0.4 is 10.1 Å². The van der Waals surface area contributed by atoms with Crippen molar-refractivity contribution in [3.8, 4) is 11.8 Å². The van der Waals surface area contributed by atoms with Crippen LogP contribution in [0.4, 0.5) is 9.80 Å². The molecular formula is C27H28N4O4S. The third-order valence-electron chi connectivity index (χ3n) is 6.20. The Balaban J connectivity index is 1.41. The molecule has 0 spiro atoms. The van der Waals surface area contributed by atoms with Crippen molar-refractivity contribution in [2.45, 2.75) is 45.8 Å². The highest BCUT2D eigenvalue weighted by molar-refractivity contribution is 7.16. The summed E-state index contributed by atoms with van der Waals surface area (Å²) in [6, 6.07) is 11.8. The fraction of sp³-hybridized carbons (Fsp3) is 0.333. The molecule has 1 atom stereocenters. The van der Waals surface area contributed by atoms with Crippen LogP contribution in [0.3, 0.4) is 0 Å². The number of thiophene rings is 1. The van der Waals surface area contributed by atoms with Crippen LogP contribution >= 0.6 is 11.3 Å². The van der Waals surface area contributed by atoms with Gasteiger partial charge in [0.15, 0.2) is 0 Å². The molecule has 2 amide bonds. The molecule has 0 radical (unpaired) electrons. The minimum Gasteiger partial charge on any atom is -0.496 e. The van der Waals surface area contributed by atoms with Gasteiger partial charge >= 0.3 is 6.09 Å². The SMILES string of the molecule is COc1ccc(C)cc1C(C)CC(=O)Nc1sc2c(c1C#N)CCN(C(=O)OCc1ccncc1)C2. The average molecular weight is 505 g/mol. The number of hydrogen-bond donors (Lipinski definition) is 1. The Morgan fingerprint density at radius 2 is 2.06 bits per heavy atom. The van der Waals surface area contributed by atoms with Crippen LogP contribution in [0, 0.1) is 18.3 Å². The van der Waals surface area contributed by atoms with E-state index >= 15 is 0 Å². The third kappa shape index (κ3) is 5.66. The van der Waals surface area contributed by atoms with E-state index in [4.69, 9.17) is 9.47 Å². The summed E-state index contributed by atoms with van der Waals surface area (Å²) >= 11 is 1.35. The van der Waals surface area contributed by atoms with Crippen molar-refractivity contribution in [2.24, 2.45) is 0 Å². The molecule has 0 bridgehead atoms. The van der Waals surface area contributed by atoms with Crippen LogP contribution in [0.15, 0.2) is 42.7 Å². The highest BCUT2D eigenvalue weighted by atomic mass is 32.1. The number of nitrogens with zero attached hydrogens (tertiary/aromatic N) is 3. The fourth-order valence-corrected chi connectivity index (χ4v) is 5.52. The number of amides is 2. The number of pyridine rings is 1. The zero-order valence-corrected chi connectivity index (χ0v) is 21.4. The number of aromatic nitrogens is 1. The van der Waals surface area contributed by atoms with Gasteiger partial charge in [0.1, 0.15) is 23.4 Å². The van der Waals surface area contributed by atoms with E-state index in [1.165, 1.54) is 11.3 Å². The maximum Gasteiger partial charge on any atom is 0.410 e. The first kappa shape index (κ1) is 25.2. The van der Waals surface area contributed by atoms with Gasteiger partial charge in [0.25, 0.3) is 0 Å². The molecule has 3 aromatic rings. The van der Waals surface area contributed by atoms with E-state index in [0.29, 0.717) is 30.1 Å². The van der Waals surface area contributed by atoms with Crippen LogP contribution in [-0.2, 0) is 29.1 Å². The maximum atomic E-state index is 12.9. The molecule has 1 N–H and O–H groups in total. The predicted molar refractivity (Wildman–Crippen MR) is 137 cm³/mol. The molecule has 0 saturated carbocycles. The second-order valence-electron chi connectivity index (χ2n) is 8.80. The van der Waals surface area contributed by atoms with Gasteiger partial charge in [0.05, 0.1) is 19.2 Å². The Morgan fingerprint density at radius 3 is 2.78 bits per heavy atom. The first-order valence-corrected chi connectivity index (χ1v) is 12.5. The zero-order chi connectivity index (χ0) is 25.7. The van der Waals surface area contributed by atoms with Crippen molar-refractivity contribution >= 4 is 28.3 Å². The largest absolute Gasteiger partial charge is 0.496 e. The number of carbonyl (C=O) groups is 2. The molecule has 4 rings (SSSR count). The quantitative estimate of drug-likeness (QED) is 0.477. The number of hydrogen-bond acceptors (Lipinski definition) is 7. The Kier molecular flexibility index (Phi) is 7.86. The van der Waals surface area contributed by atoms with E-state index in [1.807, 2.05) is 32.0 Å². The Morgan fingerprint density at radius 1 is 1.28 bits per heavy atom. The second kappa shape index (κ2) is 11.2. The van der Waals surface area contributed by atoms with Crippen molar-refractivity contribution in [1.82, 2.24) is 9.88 Å².